The summed E-state index contributed by atoms with van der Waals surface area (Å²) in [6.45, 7) is 3.18. The molecule has 0 aliphatic heterocycles. The average molecular weight is 340 g/mol. The van der Waals surface area contributed by atoms with Gasteiger partial charge in [0.2, 0.25) is 5.91 Å². The maximum absolute atomic E-state index is 13.8. The van der Waals surface area contributed by atoms with E-state index in [0.29, 0.717) is 0 Å². The van der Waals surface area contributed by atoms with Gasteiger partial charge in [0.15, 0.2) is 0 Å². The number of carboxylic acid groups (broad SMARTS) is 1. The summed E-state index contributed by atoms with van der Waals surface area (Å²) in [6.07, 6.45) is 0.260. The van der Waals surface area contributed by atoms with Gasteiger partial charge in [-0.1, -0.05) is 19.9 Å². The van der Waals surface area contributed by atoms with Crippen molar-refractivity contribution in [3.8, 4) is 5.75 Å². The zero-order valence-corrected chi connectivity index (χ0v) is 13.8. The third kappa shape index (κ3) is 5.53. The number of rotatable bonds is 8. The molecule has 0 spiro atoms. The van der Waals surface area contributed by atoms with Crippen LogP contribution < -0.4 is 15.4 Å². The zero-order valence-electron chi connectivity index (χ0n) is 13.8. The van der Waals surface area contributed by atoms with E-state index in [1.165, 1.54) is 19.2 Å². The van der Waals surface area contributed by atoms with E-state index in [-0.39, 0.29) is 23.7 Å². The second-order valence-electron chi connectivity index (χ2n) is 5.59. The predicted molar refractivity (Wildman–Crippen MR) is 84.3 cm³/mol. The number of ether oxygens (including phenoxy) is 1. The van der Waals surface area contributed by atoms with E-state index >= 15 is 0 Å². The highest BCUT2D eigenvalue weighted by atomic mass is 19.1. The Bertz CT molecular complexity index is 618. The van der Waals surface area contributed by atoms with Crippen LogP contribution in [-0.4, -0.2) is 42.6 Å². The normalized spacial score (nSPS) is 11.7. The number of hydrogen-bond donors (Lipinski definition) is 3. The molecule has 1 aromatic rings. The Morgan fingerprint density at radius 2 is 1.96 bits per heavy atom. The summed E-state index contributed by atoms with van der Waals surface area (Å²) in [5.41, 5.74) is -0.315. The molecule has 0 aromatic heterocycles. The lowest BCUT2D eigenvalue weighted by Gasteiger charge is -2.17. The van der Waals surface area contributed by atoms with Crippen LogP contribution in [0.5, 0.6) is 5.75 Å². The van der Waals surface area contributed by atoms with Gasteiger partial charge >= 0.3 is 5.97 Å². The van der Waals surface area contributed by atoms with Crippen LogP contribution in [-0.2, 0) is 9.59 Å². The lowest BCUT2D eigenvalue weighted by atomic mass is 10.0. The number of halogens is 1. The zero-order chi connectivity index (χ0) is 18.3. The van der Waals surface area contributed by atoms with Gasteiger partial charge in [-0.25, -0.2) is 9.18 Å². The third-order valence-corrected chi connectivity index (χ3v) is 3.17. The number of nitrogens with one attached hydrogen (secondary N) is 2. The number of carbonyl (C=O) groups excluding carboxylic acids is 2. The summed E-state index contributed by atoms with van der Waals surface area (Å²) in [4.78, 5) is 34.9. The number of aliphatic carboxylic acids is 1. The van der Waals surface area contributed by atoms with E-state index in [1.807, 2.05) is 13.8 Å². The first-order valence-electron chi connectivity index (χ1n) is 7.39. The van der Waals surface area contributed by atoms with Crippen LogP contribution in [0.15, 0.2) is 18.2 Å². The molecule has 7 nitrogen and oxygen atoms in total. The molecule has 0 aliphatic rings. The molecular weight excluding hydrogens is 319 g/mol. The lowest BCUT2D eigenvalue weighted by molar-refractivity contribution is -0.142. The van der Waals surface area contributed by atoms with Crippen molar-refractivity contribution in [1.29, 1.82) is 0 Å². The molecule has 0 fully saturated rings. The molecule has 0 saturated carbocycles. The monoisotopic (exact) mass is 340 g/mol. The number of benzene rings is 1. The molecular formula is C16H21FN2O5. The number of hydrogen-bond acceptors (Lipinski definition) is 4. The maximum Gasteiger partial charge on any atom is 0.326 e. The largest absolute Gasteiger partial charge is 0.496 e. The van der Waals surface area contributed by atoms with Gasteiger partial charge in [0.25, 0.3) is 5.91 Å². The van der Waals surface area contributed by atoms with Gasteiger partial charge in [-0.3, -0.25) is 9.59 Å². The van der Waals surface area contributed by atoms with Gasteiger partial charge in [-0.15, -0.1) is 0 Å². The number of carbonyl (C=O) groups is 3. The van der Waals surface area contributed by atoms with Crippen molar-refractivity contribution < 1.29 is 28.6 Å². The number of carboxylic acids is 1. The molecule has 2 amide bonds. The summed E-state index contributed by atoms with van der Waals surface area (Å²) in [5.74, 6) is -3.32. The van der Waals surface area contributed by atoms with Crippen molar-refractivity contribution in [2.45, 2.75) is 26.3 Å². The molecule has 1 aromatic carbocycles. The van der Waals surface area contributed by atoms with Crippen molar-refractivity contribution in [2.75, 3.05) is 13.7 Å². The second kappa shape index (κ2) is 8.85. The minimum atomic E-state index is -1.15. The summed E-state index contributed by atoms with van der Waals surface area (Å²) in [7, 11) is 1.29. The highest BCUT2D eigenvalue weighted by molar-refractivity contribution is 5.99. The van der Waals surface area contributed by atoms with Crippen molar-refractivity contribution in [1.82, 2.24) is 10.6 Å². The van der Waals surface area contributed by atoms with Gasteiger partial charge < -0.3 is 20.5 Å². The number of methoxy groups -OCH3 is 1. The maximum atomic E-state index is 13.8. The minimum Gasteiger partial charge on any atom is -0.496 e. The Morgan fingerprint density at radius 3 is 2.50 bits per heavy atom. The van der Waals surface area contributed by atoms with Crippen molar-refractivity contribution in [2.24, 2.45) is 5.92 Å². The molecule has 8 heteroatoms. The van der Waals surface area contributed by atoms with Crippen LogP contribution in [0.3, 0.4) is 0 Å². The molecule has 0 bridgehead atoms. The first kappa shape index (κ1) is 19.4. The van der Waals surface area contributed by atoms with E-state index in [9.17, 15) is 18.8 Å². The van der Waals surface area contributed by atoms with Gasteiger partial charge in [0.1, 0.15) is 23.2 Å². The van der Waals surface area contributed by atoms with Crippen LogP contribution in [0.1, 0.15) is 30.6 Å². The molecule has 132 valence electrons. The van der Waals surface area contributed by atoms with E-state index in [4.69, 9.17) is 9.84 Å². The van der Waals surface area contributed by atoms with E-state index < -0.39 is 36.2 Å². The number of amides is 2. The van der Waals surface area contributed by atoms with Gasteiger partial charge in [0, 0.05) is 0 Å². The fourth-order valence-electron chi connectivity index (χ4n) is 2.08. The summed E-state index contributed by atoms with van der Waals surface area (Å²) in [6, 6.07) is 2.86. The molecule has 0 aliphatic carbocycles. The predicted octanol–water partition coefficient (Wildman–Crippen LogP) is 1.18. The quantitative estimate of drug-likeness (QED) is 0.659. The minimum absolute atomic E-state index is 0.0381. The van der Waals surface area contributed by atoms with Crippen molar-refractivity contribution in [3.63, 3.8) is 0 Å². The summed E-state index contributed by atoms with van der Waals surface area (Å²) >= 11 is 0. The molecule has 1 atom stereocenters. The highest BCUT2D eigenvalue weighted by Crippen LogP contribution is 2.20. The van der Waals surface area contributed by atoms with Gasteiger partial charge in [0.05, 0.1) is 13.7 Å². The van der Waals surface area contributed by atoms with Crippen molar-refractivity contribution in [3.05, 3.63) is 29.6 Å². The summed E-state index contributed by atoms with van der Waals surface area (Å²) in [5, 5.41) is 13.6. The highest BCUT2D eigenvalue weighted by Gasteiger charge is 2.22. The molecule has 0 radical (unpaired) electrons. The lowest BCUT2D eigenvalue weighted by Crippen LogP contribution is -2.46. The Balaban J connectivity index is 2.67. The SMILES string of the molecule is COc1cccc(F)c1C(=O)NCC(=O)N[C@@H](CC(C)C)C(=O)O. The smallest absolute Gasteiger partial charge is 0.326 e. The van der Waals surface area contributed by atoms with Crippen LogP contribution in [0.2, 0.25) is 0 Å². The van der Waals surface area contributed by atoms with Crippen LogP contribution >= 0.6 is 0 Å². The van der Waals surface area contributed by atoms with Gasteiger partial charge in [-0.2, -0.15) is 0 Å². The molecule has 0 unspecified atom stereocenters. The Kier molecular flexibility index (Phi) is 7.16. The molecule has 24 heavy (non-hydrogen) atoms. The van der Waals surface area contributed by atoms with Crippen LogP contribution in [0.4, 0.5) is 4.39 Å². The van der Waals surface area contributed by atoms with Crippen LogP contribution in [0, 0.1) is 11.7 Å². The van der Waals surface area contributed by atoms with E-state index in [0.717, 1.165) is 6.07 Å². The third-order valence-electron chi connectivity index (χ3n) is 3.17. The molecule has 0 saturated heterocycles. The molecule has 1 rings (SSSR count). The van der Waals surface area contributed by atoms with E-state index in [2.05, 4.69) is 10.6 Å². The van der Waals surface area contributed by atoms with Crippen LogP contribution in [0.25, 0.3) is 0 Å². The van der Waals surface area contributed by atoms with Crippen molar-refractivity contribution >= 4 is 17.8 Å². The Hall–Kier alpha value is -2.64. The fourth-order valence-corrected chi connectivity index (χ4v) is 2.08. The topological polar surface area (TPSA) is 105 Å². The van der Waals surface area contributed by atoms with Gasteiger partial charge in [-0.05, 0) is 24.5 Å². The second-order valence-corrected chi connectivity index (χ2v) is 5.59. The Labute approximate surface area is 139 Å². The van der Waals surface area contributed by atoms with E-state index in [1.54, 1.807) is 0 Å². The first-order valence-corrected chi connectivity index (χ1v) is 7.39. The standard InChI is InChI=1S/C16H21FN2O5/c1-9(2)7-11(16(22)23)19-13(20)8-18-15(21)14-10(17)5-4-6-12(14)24-3/h4-6,9,11H,7-8H2,1-3H3,(H,18,21)(H,19,20)(H,22,23)/t11-/m0/s1. The fraction of sp³-hybridized carbons (Fsp3) is 0.438. The molecule has 3 N–H and O–H groups in total. The molecule has 0 heterocycles. The Morgan fingerprint density at radius 1 is 1.29 bits per heavy atom. The summed E-state index contributed by atoms with van der Waals surface area (Å²) < 4.78 is 18.7. The first-order chi connectivity index (χ1) is 11.3. The average Bonchev–Trinajstić information content (AvgIpc) is 2.51.